The summed E-state index contributed by atoms with van der Waals surface area (Å²) >= 11 is 0. The highest BCUT2D eigenvalue weighted by Gasteiger charge is 2.47. The molecule has 2 aromatic rings. The number of aromatic nitrogens is 3. The van der Waals surface area contributed by atoms with Crippen LogP contribution in [0.3, 0.4) is 0 Å². The van der Waals surface area contributed by atoms with Gasteiger partial charge in [-0.15, -0.1) is 0 Å². The summed E-state index contributed by atoms with van der Waals surface area (Å²) in [5.74, 6) is -0.331. The van der Waals surface area contributed by atoms with Crippen LogP contribution in [0.5, 0.6) is 0 Å². The molecular formula is C13H12FN3O. The van der Waals surface area contributed by atoms with Crippen LogP contribution in [0.1, 0.15) is 18.5 Å². The van der Waals surface area contributed by atoms with E-state index in [0.29, 0.717) is 12.3 Å². The summed E-state index contributed by atoms with van der Waals surface area (Å²) in [6, 6.07) is 5.02. The van der Waals surface area contributed by atoms with Gasteiger partial charge in [-0.05, 0) is 31.0 Å². The third-order valence-electron chi connectivity index (χ3n) is 3.62. The molecule has 1 fully saturated rings. The van der Waals surface area contributed by atoms with Crippen molar-refractivity contribution < 1.29 is 9.13 Å². The zero-order chi connectivity index (χ0) is 12.2. The quantitative estimate of drug-likeness (QED) is 0.772. The van der Waals surface area contributed by atoms with E-state index in [1.165, 1.54) is 12.3 Å². The zero-order valence-electron chi connectivity index (χ0n) is 9.77. The fourth-order valence-electron chi connectivity index (χ4n) is 2.35. The van der Waals surface area contributed by atoms with Crippen molar-refractivity contribution in [1.29, 1.82) is 0 Å². The summed E-state index contributed by atoms with van der Waals surface area (Å²) in [4.78, 5) is 4.05. The molecule has 0 N–H and O–H groups in total. The fourth-order valence-corrected chi connectivity index (χ4v) is 2.35. The Morgan fingerprint density at radius 3 is 2.89 bits per heavy atom. The third-order valence-corrected chi connectivity index (χ3v) is 3.62. The van der Waals surface area contributed by atoms with Crippen LogP contribution in [0.25, 0.3) is 11.4 Å². The number of nitrogens with zero attached hydrogens (tertiary/aromatic N) is 3. The normalized spacial score (nSPS) is 19.8. The molecule has 0 radical (unpaired) electrons. The summed E-state index contributed by atoms with van der Waals surface area (Å²) in [6.45, 7) is 1.43. The van der Waals surface area contributed by atoms with Crippen molar-refractivity contribution in [1.82, 2.24) is 14.8 Å². The number of pyridine rings is 1. The van der Waals surface area contributed by atoms with E-state index >= 15 is 0 Å². The lowest BCUT2D eigenvalue weighted by Crippen LogP contribution is -2.29. The SMILES string of the molecule is Fc1ccc(-c2cc3n(n2)CC2(CC2)OC3)nc1. The topological polar surface area (TPSA) is 39.9 Å². The molecule has 1 saturated carbocycles. The minimum Gasteiger partial charge on any atom is -0.367 e. The van der Waals surface area contributed by atoms with Crippen molar-refractivity contribution in [2.75, 3.05) is 0 Å². The summed E-state index contributed by atoms with van der Waals surface area (Å²) in [6.07, 6.45) is 3.46. The largest absolute Gasteiger partial charge is 0.367 e. The van der Waals surface area contributed by atoms with Crippen LogP contribution < -0.4 is 0 Å². The Morgan fingerprint density at radius 1 is 1.28 bits per heavy atom. The molecule has 18 heavy (non-hydrogen) atoms. The van der Waals surface area contributed by atoms with Gasteiger partial charge in [-0.1, -0.05) is 0 Å². The molecule has 0 bridgehead atoms. The Balaban J connectivity index is 1.71. The Labute approximate surface area is 103 Å². The second-order valence-electron chi connectivity index (χ2n) is 5.01. The average molecular weight is 245 g/mol. The molecule has 0 saturated heterocycles. The average Bonchev–Trinajstić information content (AvgIpc) is 2.99. The Bertz CT molecular complexity index is 601. The number of hydrogen-bond donors (Lipinski definition) is 0. The van der Waals surface area contributed by atoms with Gasteiger partial charge in [0.1, 0.15) is 11.5 Å². The second kappa shape index (κ2) is 3.38. The van der Waals surface area contributed by atoms with Crippen LogP contribution in [0.15, 0.2) is 24.4 Å². The van der Waals surface area contributed by atoms with Gasteiger partial charge in [0.05, 0.1) is 36.3 Å². The van der Waals surface area contributed by atoms with E-state index < -0.39 is 0 Å². The highest BCUT2D eigenvalue weighted by atomic mass is 19.1. The highest BCUT2D eigenvalue weighted by molar-refractivity contribution is 5.54. The maximum Gasteiger partial charge on any atom is 0.141 e. The summed E-state index contributed by atoms with van der Waals surface area (Å²) in [7, 11) is 0. The maximum atomic E-state index is 12.8. The number of rotatable bonds is 1. The standard InChI is InChI=1S/C13H12FN3O/c14-9-1-2-11(15-6-9)12-5-10-7-18-13(3-4-13)8-17(10)16-12/h1-2,5-6H,3-4,7-8H2. The lowest BCUT2D eigenvalue weighted by molar-refractivity contribution is -0.0197. The summed E-state index contributed by atoms with van der Waals surface area (Å²) < 4.78 is 20.7. The number of ether oxygens (including phenoxy) is 1. The molecule has 2 aromatic heterocycles. The van der Waals surface area contributed by atoms with Crippen LogP contribution >= 0.6 is 0 Å². The lowest BCUT2D eigenvalue weighted by Gasteiger charge is -2.23. The van der Waals surface area contributed by atoms with Crippen molar-refractivity contribution in [2.45, 2.75) is 31.6 Å². The maximum absolute atomic E-state index is 12.8. The molecule has 1 aliphatic carbocycles. The van der Waals surface area contributed by atoms with Crippen LogP contribution in [-0.2, 0) is 17.9 Å². The van der Waals surface area contributed by atoms with Gasteiger partial charge in [-0.25, -0.2) is 4.39 Å². The first-order valence-electron chi connectivity index (χ1n) is 6.07. The number of hydrogen-bond acceptors (Lipinski definition) is 3. The zero-order valence-corrected chi connectivity index (χ0v) is 9.77. The molecule has 0 aromatic carbocycles. The smallest absolute Gasteiger partial charge is 0.141 e. The molecule has 5 heteroatoms. The van der Waals surface area contributed by atoms with E-state index in [9.17, 15) is 4.39 Å². The van der Waals surface area contributed by atoms with E-state index in [-0.39, 0.29) is 11.4 Å². The molecule has 4 nitrogen and oxygen atoms in total. The van der Waals surface area contributed by atoms with Gasteiger partial charge in [-0.3, -0.25) is 9.67 Å². The molecule has 4 rings (SSSR count). The monoisotopic (exact) mass is 245 g/mol. The van der Waals surface area contributed by atoms with Crippen LogP contribution in [-0.4, -0.2) is 20.4 Å². The van der Waals surface area contributed by atoms with E-state index in [4.69, 9.17) is 4.74 Å². The van der Waals surface area contributed by atoms with Crippen molar-refractivity contribution in [3.8, 4) is 11.4 Å². The lowest BCUT2D eigenvalue weighted by atomic mass is 10.2. The van der Waals surface area contributed by atoms with Gasteiger partial charge < -0.3 is 4.74 Å². The van der Waals surface area contributed by atoms with E-state index in [2.05, 4.69) is 10.1 Å². The second-order valence-corrected chi connectivity index (χ2v) is 5.01. The van der Waals surface area contributed by atoms with E-state index in [1.807, 2.05) is 10.7 Å². The third kappa shape index (κ3) is 1.54. The Hall–Kier alpha value is -1.75. The summed E-state index contributed by atoms with van der Waals surface area (Å²) in [5.41, 5.74) is 2.59. The van der Waals surface area contributed by atoms with E-state index in [1.54, 1.807) is 6.07 Å². The molecule has 0 unspecified atom stereocenters. The molecular weight excluding hydrogens is 233 g/mol. The van der Waals surface area contributed by atoms with Gasteiger partial charge in [0.25, 0.3) is 0 Å². The molecule has 1 spiro atoms. The van der Waals surface area contributed by atoms with Gasteiger partial charge in [0.2, 0.25) is 0 Å². The van der Waals surface area contributed by atoms with Crippen molar-refractivity contribution in [2.24, 2.45) is 0 Å². The van der Waals surface area contributed by atoms with Gasteiger partial charge in [0, 0.05) is 0 Å². The number of fused-ring (bicyclic) bond motifs is 1. The predicted octanol–water partition coefficient (Wildman–Crippen LogP) is 2.15. The van der Waals surface area contributed by atoms with Crippen molar-refractivity contribution in [3.05, 3.63) is 35.9 Å². The van der Waals surface area contributed by atoms with Gasteiger partial charge >= 0.3 is 0 Å². The minimum absolute atomic E-state index is 0.0481. The number of halogens is 1. The van der Waals surface area contributed by atoms with Crippen LogP contribution in [0, 0.1) is 5.82 Å². The van der Waals surface area contributed by atoms with Gasteiger partial charge in [-0.2, -0.15) is 5.10 Å². The molecule has 3 heterocycles. The fraction of sp³-hybridized carbons (Fsp3) is 0.385. The molecule has 0 atom stereocenters. The first-order valence-corrected chi connectivity index (χ1v) is 6.07. The van der Waals surface area contributed by atoms with Crippen molar-refractivity contribution in [3.63, 3.8) is 0 Å². The molecule has 92 valence electrons. The first kappa shape index (κ1) is 10.2. The van der Waals surface area contributed by atoms with Crippen LogP contribution in [0.2, 0.25) is 0 Å². The van der Waals surface area contributed by atoms with Crippen LogP contribution in [0.4, 0.5) is 4.39 Å². The summed E-state index contributed by atoms with van der Waals surface area (Å²) in [5, 5.41) is 4.54. The molecule has 0 amide bonds. The Kier molecular flexibility index (Phi) is 1.92. The highest BCUT2D eigenvalue weighted by Crippen LogP contribution is 2.44. The van der Waals surface area contributed by atoms with Crippen molar-refractivity contribution >= 4 is 0 Å². The predicted molar refractivity (Wildman–Crippen MR) is 62.2 cm³/mol. The van der Waals surface area contributed by atoms with Gasteiger partial charge in [0.15, 0.2) is 0 Å². The molecule has 2 aliphatic rings. The minimum atomic E-state index is -0.331. The van der Waals surface area contributed by atoms with E-state index in [0.717, 1.165) is 30.8 Å². The Morgan fingerprint density at radius 2 is 2.17 bits per heavy atom. The molecule has 1 aliphatic heterocycles. The first-order chi connectivity index (χ1) is 8.74.